The van der Waals surface area contributed by atoms with Gasteiger partial charge in [0.2, 0.25) is 11.8 Å². The van der Waals surface area contributed by atoms with Crippen molar-refractivity contribution in [3.05, 3.63) is 24.3 Å². The van der Waals surface area contributed by atoms with E-state index >= 15 is 0 Å². The Labute approximate surface area is 150 Å². The molecule has 2 amide bonds. The van der Waals surface area contributed by atoms with E-state index < -0.39 is 5.41 Å². The molecular weight excluding hydrogens is 314 g/mol. The lowest BCUT2D eigenvalue weighted by Gasteiger charge is -2.21. The van der Waals surface area contributed by atoms with Gasteiger partial charge in [-0.1, -0.05) is 25.7 Å². The minimum atomic E-state index is -0.855. The van der Waals surface area contributed by atoms with Crippen molar-refractivity contribution in [1.82, 2.24) is 5.32 Å². The first-order valence-corrected chi connectivity index (χ1v) is 9.41. The maximum absolute atomic E-state index is 12.7. The maximum atomic E-state index is 12.7. The molecule has 3 rings (SSSR count). The molecule has 1 aromatic rings. The fourth-order valence-corrected chi connectivity index (χ4v) is 3.52. The highest BCUT2D eigenvalue weighted by molar-refractivity contribution is 6.13. The average molecular weight is 343 g/mol. The third-order valence-corrected chi connectivity index (χ3v) is 5.45. The van der Waals surface area contributed by atoms with Crippen LogP contribution in [0.3, 0.4) is 0 Å². The first kappa shape index (κ1) is 17.8. The molecule has 2 fully saturated rings. The van der Waals surface area contributed by atoms with Crippen LogP contribution in [0.1, 0.15) is 51.4 Å². The highest BCUT2D eigenvalue weighted by atomic mass is 16.2. The van der Waals surface area contributed by atoms with Gasteiger partial charge in [0, 0.05) is 31.5 Å². The number of amides is 2. The summed E-state index contributed by atoms with van der Waals surface area (Å²) < 4.78 is 0. The van der Waals surface area contributed by atoms with E-state index in [0.717, 1.165) is 24.2 Å². The van der Waals surface area contributed by atoms with Gasteiger partial charge in [-0.25, -0.2) is 0 Å². The number of carbonyl (C=O) groups excluding carboxylic acids is 2. The van der Waals surface area contributed by atoms with E-state index in [1.807, 2.05) is 43.3 Å². The molecule has 25 heavy (non-hydrogen) atoms. The molecule has 0 bridgehead atoms. The van der Waals surface area contributed by atoms with Gasteiger partial charge in [-0.3, -0.25) is 9.59 Å². The molecule has 2 aliphatic rings. The van der Waals surface area contributed by atoms with E-state index in [0.29, 0.717) is 12.8 Å². The van der Waals surface area contributed by atoms with Crippen molar-refractivity contribution in [1.29, 1.82) is 0 Å². The van der Waals surface area contributed by atoms with Crippen molar-refractivity contribution in [2.75, 3.05) is 24.3 Å². The Morgan fingerprint density at radius 1 is 0.960 bits per heavy atom. The number of nitrogens with one attached hydrogen (secondary N) is 2. The SMILES string of the molecule is CN(C)c1ccc(NC(=O)C2(C(=O)NC3CCCCCC3)CC2)cc1. The number of rotatable bonds is 5. The summed E-state index contributed by atoms with van der Waals surface area (Å²) >= 11 is 0. The van der Waals surface area contributed by atoms with E-state index in [2.05, 4.69) is 10.6 Å². The Kier molecular flexibility index (Phi) is 5.30. The molecule has 0 heterocycles. The Bertz CT molecular complexity index is 612. The zero-order chi connectivity index (χ0) is 17.9. The molecule has 0 aromatic heterocycles. The Morgan fingerprint density at radius 2 is 1.56 bits per heavy atom. The topological polar surface area (TPSA) is 61.4 Å². The summed E-state index contributed by atoms with van der Waals surface area (Å²) in [7, 11) is 3.95. The molecule has 0 saturated heterocycles. The van der Waals surface area contributed by atoms with Gasteiger partial charge in [-0.05, 0) is 49.9 Å². The van der Waals surface area contributed by atoms with Crippen LogP contribution in [0.25, 0.3) is 0 Å². The average Bonchev–Trinajstić information content (AvgIpc) is 3.41. The van der Waals surface area contributed by atoms with Crippen LogP contribution in [0.5, 0.6) is 0 Å². The van der Waals surface area contributed by atoms with Gasteiger partial charge in [0.05, 0.1) is 0 Å². The summed E-state index contributed by atoms with van der Waals surface area (Å²) in [5, 5.41) is 6.07. The van der Waals surface area contributed by atoms with Crippen LogP contribution in [0, 0.1) is 5.41 Å². The normalized spacial score (nSPS) is 19.6. The monoisotopic (exact) mass is 343 g/mol. The lowest BCUT2D eigenvalue weighted by Crippen LogP contribution is -2.44. The molecule has 1 aromatic carbocycles. The summed E-state index contributed by atoms with van der Waals surface area (Å²) in [6.07, 6.45) is 8.21. The third kappa shape index (κ3) is 4.14. The molecule has 0 atom stereocenters. The van der Waals surface area contributed by atoms with Crippen LogP contribution in [0.2, 0.25) is 0 Å². The van der Waals surface area contributed by atoms with E-state index in [4.69, 9.17) is 0 Å². The number of hydrogen-bond donors (Lipinski definition) is 2. The van der Waals surface area contributed by atoms with Gasteiger partial charge in [-0.15, -0.1) is 0 Å². The zero-order valence-electron chi connectivity index (χ0n) is 15.3. The molecule has 2 saturated carbocycles. The Balaban J connectivity index is 1.59. The molecular formula is C20H29N3O2. The first-order valence-electron chi connectivity index (χ1n) is 9.41. The second kappa shape index (κ2) is 7.46. The molecule has 5 heteroatoms. The molecule has 0 aliphatic heterocycles. The lowest BCUT2D eigenvalue weighted by molar-refractivity contribution is -0.134. The highest BCUT2D eigenvalue weighted by Gasteiger charge is 2.56. The Hall–Kier alpha value is -2.04. The summed E-state index contributed by atoms with van der Waals surface area (Å²) in [4.78, 5) is 27.4. The summed E-state index contributed by atoms with van der Waals surface area (Å²) in [5.41, 5.74) is 0.960. The second-order valence-corrected chi connectivity index (χ2v) is 7.64. The fraction of sp³-hybridized carbons (Fsp3) is 0.600. The van der Waals surface area contributed by atoms with Crippen LogP contribution in [-0.2, 0) is 9.59 Å². The van der Waals surface area contributed by atoms with Gasteiger partial charge >= 0.3 is 0 Å². The molecule has 0 spiro atoms. The van der Waals surface area contributed by atoms with E-state index in [1.54, 1.807) is 0 Å². The predicted molar refractivity (Wildman–Crippen MR) is 101 cm³/mol. The van der Waals surface area contributed by atoms with E-state index in [1.165, 1.54) is 25.7 Å². The van der Waals surface area contributed by atoms with Crippen LogP contribution in [0.15, 0.2) is 24.3 Å². The van der Waals surface area contributed by atoms with Gasteiger partial charge in [0.25, 0.3) is 0 Å². The molecule has 0 radical (unpaired) electrons. The van der Waals surface area contributed by atoms with Gasteiger partial charge < -0.3 is 15.5 Å². The summed E-state index contributed by atoms with van der Waals surface area (Å²) in [6, 6.07) is 7.92. The smallest absolute Gasteiger partial charge is 0.240 e. The van der Waals surface area contributed by atoms with Gasteiger partial charge in [-0.2, -0.15) is 0 Å². The molecule has 5 nitrogen and oxygen atoms in total. The molecule has 2 aliphatic carbocycles. The zero-order valence-corrected chi connectivity index (χ0v) is 15.3. The van der Waals surface area contributed by atoms with Crippen LogP contribution < -0.4 is 15.5 Å². The minimum Gasteiger partial charge on any atom is -0.378 e. The quantitative estimate of drug-likeness (QED) is 0.637. The minimum absolute atomic E-state index is 0.0817. The standard InChI is InChI=1S/C20H29N3O2/c1-23(2)17-11-9-16(10-12-17)22-19(25)20(13-14-20)18(24)21-15-7-5-3-4-6-8-15/h9-12,15H,3-8,13-14H2,1-2H3,(H,21,24)(H,22,25). The number of benzene rings is 1. The molecule has 136 valence electrons. The first-order chi connectivity index (χ1) is 12.0. The van der Waals surface area contributed by atoms with Crippen LogP contribution in [-0.4, -0.2) is 32.0 Å². The maximum Gasteiger partial charge on any atom is 0.240 e. The molecule has 0 unspecified atom stereocenters. The number of carbonyl (C=O) groups is 2. The van der Waals surface area contributed by atoms with Crippen molar-refractivity contribution < 1.29 is 9.59 Å². The third-order valence-electron chi connectivity index (χ3n) is 5.45. The highest BCUT2D eigenvalue weighted by Crippen LogP contribution is 2.47. The number of nitrogens with zero attached hydrogens (tertiary/aromatic N) is 1. The van der Waals surface area contributed by atoms with E-state index in [9.17, 15) is 9.59 Å². The number of anilines is 2. The number of hydrogen-bond acceptors (Lipinski definition) is 3. The van der Waals surface area contributed by atoms with Crippen molar-refractivity contribution in [2.24, 2.45) is 5.41 Å². The lowest BCUT2D eigenvalue weighted by atomic mass is 10.0. The van der Waals surface area contributed by atoms with E-state index in [-0.39, 0.29) is 17.9 Å². The summed E-state index contributed by atoms with van der Waals surface area (Å²) in [5.74, 6) is -0.252. The predicted octanol–water partition coefficient (Wildman–Crippen LogP) is 3.31. The largest absolute Gasteiger partial charge is 0.378 e. The van der Waals surface area contributed by atoms with Crippen molar-refractivity contribution >= 4 is 23.2 Å². The van der Waals surface area contributed by atoms with Crippen molar-refractivity contribution in [3.63, 3.8) is 0 Å². The summed E-state index contributed by atoms with van der Waals surface area (Å²) in [6.45, 7) is 0. The molecule has 2 N–H and O–H groups in total. The fourth-order valence-electron chi connectivity index (χ4n) is 3.52. The van der Waals surface area contributed by atoms with Crippen molar-refractivity contribution in [3.8, 4) is 0 Å². The van der Waals surface area contributed by atoms with Gasteiger partial charge in [0.15, 0.2) is 0 Å². The van der Waals surface area contributed by atoms with Crippen LogP contribution in [0.4, 0.5) is 11.4 Å². The Morgan fingerprint density at radius 3 is 2.08 bits per heavy atom. The van der Waals surface area contributed by atoms with Crippen molar-refractivity contribution in [2.45, 2.75) is 57.4 Å². The second-order valence-electron chi connectivity index (χ2n) is 7.64. The van der Waals surface area contributed by atoms with Crippen LogP contribution >= 0.6 is 0 Å². The van der Waals surface area contributed by atoms with Gasteiger partial charge in [0.1, 0.15) is 5.41 Å².